The number of hydrogen-bond donors (Lipinski definition) is 1. The summed E-state index contributed by atoms with van der Waals surface area (Å²) in [5.74, 6) is -0.641. The van der Waals surface area contributed by atoms with Gasteiger partial charge in [0.05, 0.1) is 6.61 Å². The Morgan fingerprint density at radius 1 is 1.47 bits per heavy atom. The van der Waals surface area contributed by atoms with Crippen molar-refractivity contribution >= 4 is 27.8 Å². The van der Waals surface area contributed by atoms with Gasteiger partial charge in [-0.2, -0.15) is 5.10 Å². The third-order valence-electron chi connectivity index (χ3n) is 2.32. The Balaban J connectivity index is 2.89. The molecule has 0 aliphatic heterocycles. The van der Waals surface area contributed by atoms with Crippen LogP contribution in [-0.2, 0) is 16.1 Å². The number of carbonyl (C=O) groups excluding carboxylic acids is 2. The van der Waals surface area contributed by atoms with E-state index in [-0.39, 0.29) is 30.8 Å². The fraction of sp³-hybridized carbons (Fsp3) is 0.583. The Morgan fingerprint density at radius 2 is 2.11 bits per heavy atom. The molecule has 0 saturated carbocycles. The summed E-state index contributed by atoms with van der Waals surface area (Å²) in [6, 6.07) is 0.0625. The third-order valence-corrected chi connectivity index (χ3v) is 3.33. The highest BCUT2D eigenvalue weighted by Crippen LogP contribution is 2.20. The number of halogens is 1. The van der Waals surface area contributed by atoms with Crippen molar-refractivity contribution in [1.82, 2.24) is 15.1 Å². The second-order valence-electron chi connectivity index (χ2n) is 4.36. The normalized spacial score (nSPS) is 10.6. The van der Waals surface area contributed by atoms with Gasteiger partial charge in [0, 0.05) is 11.6 Å². The molecule has 0 fully saturated rings. The number of aromatic nitrogens is 2. The van der Waals surface area contributed by atoms with Gasteiger partial charge in [-0.15, -0.1) is 0 Å². The number of esters is 1. The number of nitrogens with zero attached hydrogens (tertiary/aromatic N) is 2. The fourth-order valence-corrected chi connectivity index (χ4v) is 1.93. The first-order valence-corrected chi connectivity index (χ1v) is 6.85. The zero-order valence-corrected chi connectivity index (χ0v) is 13.1. The van der Waals surface area contributed by atoms with Crippen molar-refractivity contribution in [3.05, 3.63) is 15.9 Å². The van der Waals surface area contributed by atoms with E-state index in [4.69, 9.17) is 4.74 Å². The largest absolute Gasteiger partial charge is 0.461 e. The Labute approximate surface area is 120 Å². The summed E-state index contributed by atoms with van der Waals surface area (Å²) in [7, 11) is 0. The number of ether oxygens (including phenoxy) is 1. The lowest BCUT2D eigenvalue weighted by Gasteiger charge is -2.08. The van der Waals surface area contributed by atoms with Gasteiger partial charge in [-0.25, -0.2) is 9.48 Å². The van der Waals surface area contributed by atoms with Crippen LogP contribution in [0.4, 0.5) is 0 Å². The highest BCUT2D eigenvalue weighted by atomic mass is 79.9. The SMILES string of the molecule is CCOC(=O)c1nn(CC(=O)NC(C)C)c(Br)c1C. The highest BCUT2D eigenvalue weighted by molar-refractivity contribution is 9.10. The standard InChI is InChI=1S/C12H18BrN3O3/c1-5-19-12(18)10-8(4)11(13)16(15-10)6-9(17)14-7(2)3/h7H,5-6H2,1-4H3,(H,14,17). The Morgan fingerprint density at radius 3 is 2.63 bits per heavy atom. The molecule has 0 atom stereocenters. The lowest BCUT2D eigenvalue weighted by atomic mass is 10.3. The van der Waals surface area contributed by atoms with Crippen LogP contribution in [0.2, 0.25) is 0 Å². The third kappa shape index (κ3) is 4.05. The monoisotopic (exact) mass is 331 g/mol. The van der Waals surface area contributed by atoms with Gasteiger partial charge in [-0.1, -0.05) is 0 Å². The maximum Gasteiger partial charge on any atom is 0.359 e. The molecule has 1 heterocycles. The molecule has 0 radical (unpaired) electrons. The summed E-state index contributed by atoms with van der Waals surface area (Å²) in [4.78, 5) is 23.4. The minimum Gasteiger partial charge on any atom is -0.461 e. The summed E-state index contributed by atoms with van der Waals surface area (Å²) in [5.41, 5.74) is 0.891. The highest BCUT2D eigenvalue weighted by Gasteiger charge is 2.20. The molecule has 0 aliphatic rings. The van der Waals surface area contributed by atoms with Crippen LogP contribution in [0.1, 0.15) is 36.8 Å². The van der Waals surface area contributed by atoms with Crippen molar-refractivity contribution in [2.45, 2.75) is 40.3 Å². The first kappa shape index (κ1) is 15.7. The quantitative estimate of drug-likeness (QED) is 0.832. The van der Waals surface area contributed by atoms with Crippen molar-refractivity contribution in [3.63, 3.8) is 0 Å². The summed E-state index contributed by atoms with van der Waals surface area (Å²) >= 11 is 3.33. The molecule has 0 bridgehead atoms. The van der Waals surface area contributed by atoms with Crippen molar-refractivity contribution < 1.29 is 14.3 Å². The van der Waals surface area contributed by atoms with Gasteiger partial charge < -0.3 is 10.1 Å². The molecule has 0 saturated heterocycles. The molecule has 1 aromatic rings. The van der Waals surface area contributed by atoms with E-state index in [9.17, 15) is 9.59 Å². The van der Waals surface area contributed by atoms with Gasteiger partial charge in [-0.05, 0) is 43.6 Å². The molecule has 0 aliphatic carbocycles. The van der Waals surface area contributed by atoms with Crippen LogP contribution < -0.4 is 5.32 Å². The predicted molar refractivity (Wildman–Crippen MR) is 73.9 cm³/mol. The van der Waals surface area contributed by atoms with E-state index in [1.807, 2.05) is 13.8 Å². The summed E-state index contributed by atoms with van der Waals surface area (Å²) in [6.07, 6.45) is 0. The average molecular weight is 332 g/mol. The maximum atomic E-state index is 11.7. The average Bonchev–Trinajstić information content (AvgIpc) is 2.56. The zero-order chi connectivity index (χ0) is 14.6. The molecule has 6 nitrogen and oxygen atoms in total. The van der Waals surface area contributed by atoms with Gasteiger partial charge >= 0.3 is 5.97 Å². The van der Waals surface area contributed by atoms with Gasteiger partial charge in [-0.3, -0.25) is 4.79 Å². The Hall–Kier alpha value is -1.37. The molecule has 0 spiro atoms. The summed E-state index contributed by atoms with van der Waals surface area (Å²) in [5, 5.41) is 6.87. The Kier molecular flexibility index (Phi) is 5.53. The lowest BCUT2D eigenvalue weighted by molar-refractivity contribution is -0.122. The predicted octanol–water partition coefficient (Wildman–Crippen LogP) is 1.66. The number of nitrogens with one attached hydrogen (secondary N) is 1. The van der Waals surface area contributed by atoms with Crippen LogP contribution in [0.25, 0.3) is 0 Å². The summed E-state index contributed by atoms with van der Waals surface area (Å²) < 4.78 is 6.96. The van der Waals surface area contributed by atoms with Gasteiger partial charge in [0.2, 0.25) is 5.91 Å². The van der Waals surface area contributed by atoms with E-state index >= 15 is 0 Å². The molecule has 7 heteroatoms. The van der Waals surface area contributed by atoms with Crippen LogP contribution in [0.5, 0.6) is 0 Å². The van der Waals surface area contributed by atoms with E-state index in [2.05, 4.69) is 26.3 Å². The van der Waals surface area contributed by atoms with E-state index in [1.54, 1.807) is 13.8 Å². The van der Waals surface area contributed by atoms with Crippen molar-refractivity contribution in [2.24, 2.45) is 0 Å². The first-order valence-electron chi connectivity index (χ1n) is 6.06. The van der Waals surface area contributed by atoms with Crippen LogP contribution in [-0.4, -0.2) is 34.3 Å². The molecule has 1 aromatic heterocycles. The molecule has 1 N–H and O–H groups in total. The van der Waals surface area contributed by atoms with E-state index in [0.29, 0.717) is 10.2 Å². The topological polar surface area (TPSA) is 73.2 Å². The minimum absolute atomic E-state index is 0.0546. The number of hydrogen-bond acceptors (Lipinski definition) is 4. The van der Waals surface area contributed by atoms with Crippen LogP contribution >= 0.6 is 15.9 Å². The van der Waals surface area contributed by atoms with Gasteiger partial charge in [0.15, 0.2) is 5.69 Å². The summed E-state index contributed by atoms with van der Waals surface area (Å²) in [6.45, 7) is 7.59. The second kappa shape index (κ2) is 6.70. The molecule has 106 valence electrons. The van der Waals surface area contributed by atoms with E-state index in [1.165, 1.54) is 4.68 Å². The first-order chi connectivity index (χ1) is 8.86. The minimum atomic E-state index is -0.483. The lowest BCUT2D eigenvalue weighted by Crippen LogP contribution is -2.33. The van der Waals surface area contributed by atoms with E-state index < -0.39 is 5.97 Å². The molecule has 0 aromatic carbocycles. The molecular weight excluding hydrogens is 314 g/mol. The number of amides is 1. The molecule has 1 rings (SSSR count). The molecular formula is C12H18BrN3O3. The number of carbonyl (C=O) groups is 2. The van der Waals surface area contributed by atoms with Crippen LogP contribution in [0, 0.1) is 6.92 Å². The smallest absolute Gasteiger partial charge is 0.359 e. The van der Waals surface area contributed by atoms with E-state index in [0.717, 1.165) is 0 Å². The molecule has 19 heavy (non-hydrogen) atoms. The number of rotatable bonds is 5. The molecule has 1 amide bonds. The van der Waals surface area contributed by atoms with Crippen LogP contribution in [0.3, 0.4) is 0 Å². The van der Waals surface area contributed by atoms with Crippen molar-refractivity contribution in [1.29, 1.82) is 0 Å². The maximum absolute atomic E-state index is 11.7. The Bertz CT molecular complexity index is 483. The fourth-order valence-electron chi connectivity index (χ4n) is 1.53. The van der Waals surface area contributed by atoms with Crippen molar-refractivity contribution in [2.75, 3.05) is 6.61 Å². The van der Waals surface area contributed by atoms with Crippen LogP contribution in [0.15, 0.2) is 4.60 Å². The van der Waals surface area contributed by atoms with Gasteiger partial charge in [0.1, 0.15) is 11.1 Å². The van der Waals surface area contributed by atoms with Gasteiger partial charge in [0.25, 0.3) is 0 Å². The second-order valence-corrected chi connectivity index (χ2v) is 5.12. The zero-order valence-electron chi connectivity index (χ0n) is 11.5. The molecule has 0 unspecified atom stereocenters. The van der Waals surface area contributed by atoms with Crippen molar-refractivity contribution in [3.8, 4) is 0 Å².